The van der Waals surface area contributed by atoms with Gasteiger partial charge in [0.15, 0.2) is 0 Å². The minimum absolute atomic E-state index is 0.177. The van der Waals surface area contributed by atoms with E-state index in [4.69, 9.17) is 0 Å². The van der Waals surface area contributed by atoms with Gasteiger partial charge >= 0.3 is 6.03 Å². The topological polar surface area (TPSA) is 59.0 Å². The lowest BCUT2D eigenvalue weighted by Crippen LogP contribution is -2.31. The molecular formula is C17H21FN4O. The molecule has 1 heterocycles. The fourth-order valence-corrected chi connectivity index (χ4v) is 2.54. The molecule has 0 saturated heterocycles. The molecular weight excluding hydrogens is 295 g/mol. The molecule has 2 N–H and O–H groups in total. The van der Waals surface area contributed by atoms with Crippen molar-refractivity contribution in [1.82, 2.24) is 14.9 Å². The number of carbonyl (C=O) groups is 1. The van der Waals surface area contributed by atoms with Crippen LogP contribution in [0.4, 0.5) is 14.9 Å². The molecule has 1 aromatic heterocycles. The van der Waals surface area contributed by atoms with Crippen LogP contribution in [0.5, 0.6) is 0 Å². The summed E-state index contributed by atoms with van der Waals surface area (Å²) in [5.41, 5.74) is 1.33. The van der Waals surface area contributed by atoms with Crippen LogP contribution in [0, 0.1) is 18.7 Å². The third-order valence-corrected chi connectivity index (χ3v) is 4.03. The average molecular weight is 316 g/mol. The first-order valence-corrected chi connectivity index (χ1v) is 7.94. The number of imidazole rings is 1. The lowest BCUT2D eigenvalue weighted by molar-refractivity contribution is 0.252. The van der Waals surface area contributed by atoms with E-state index >= 15 is 0 Å². The van der Waals surface area contributed by atoms with Crippen LogP contribution in [0.25, 0.3) is 0 Å². The number of benzene rings is 1. The fourth-order valence-electron chi connectivity index (χ4n) is 2.54. The first-order valence-electron chi connectivity index (χ1n) is 7.94. The van der Waals surface area contributed by atoms with Gasteiger partial charge < -0.3 is 15.2 Å². The van der Waals surface area contributed by atoms with Gasteiger partial charge in [-0.2, -0.15) is 0 Å². The summed E-state index contributed by atoms with van der Waals surface area (Å²) in [7, 11) is 0. The summed E-state index contributed by atoms with van der Waals surface area (Å²) in [5, 5.41) is 5.25. The number of aryl methyl sites for hydroxylation is 1. The Kier molecular flexibility index (Phi) is 4.60. The van der Waals surface area contributed by atoms with E-state index in [0.29, 0.717) is 13.0 Å². The standard InChI is InChI=1S/C17H21FN4O/c1-12-10-20-16(22(12)11-13-6-7-13)8-9-19-17(23)21-15-5-3-2-4-14(15)18/h2-5,10,13H,6-9,11H2,1H3,(H2,19,21,23). The minimum atomic E-state index is -0.446. The van der Waals surface area contributed by atoms with Crippen LogP contribution in [0.2, 0.25) is 0 Å². The number of carbonyl (C=O) groups excluding carboxylic acids is 1. The van der Waals surface area contributed by atoms with Crippen molar-refractivity contribution in [3.63, 3.8) is 0 Å². The predicted molar refractivity (Wildman–Crippen MR) is 86.8 cm³/mol. The Balaban J connectivity index is 1.49. The van der Waals surface area contributed by atoms with Crippen LogP contribution >= 0.6 is 0 Å². The summed E-state index contributed by atoms with van der Waals surface area (Å²) >= 11 is 0. The summed E-state index contributed by atoms with van der Waals surface area (Å²) in [5.74, 6) is 1.32. The second kappa shape index (κ2) is 6.81. The molecule has 2 amide bonds. The monoisotopic (exact) mass is 316 g/mol. The molecule has 23 heavy (non-hydrogen) atoms. The van der Waals surface area contributed by atoms with E-state index in [1.54, 1.807) is 12.1 Å². The van der Waals surface area contributed by atoms with Crippen molar-refractivity contribution < 1.29 is 9.18 Å². The largest absolute Gasteiger partial charge is 0.337 e. The van der Waals surface area contributed by atoms with Gasteiger partial charge in [-0.3, -0.25) is 0 Å². The molecule has 0 bridgehead atoms. The van der Waals surface area contributed by atoms with Gasteiger partial charge in [-0.25, -0.2) is 14.2 Å². The Hall–Kier alpha value is -2.37. The van der Waals surface area contributed by atoms with E-state index in [0.717, 1.165) is 24.0 Å². The molecule has 0 aliphatic heterocycles. The van der Waals surface area contributed by atoms with Gasteiger partial charge in [-0.05, 0) is 37.8 Å². The van der Waals surface area contributed by atoms with Crippen LogP contribution < -0.4 is 10.6 Å². The zero-order valence-electron chi connectivity index (χ0n) is 13.2. The number of nitrogens with zero attached hydrogens (tertiary/aromatic N) is 2. The van der Waals surface area contributed by atoms with Crippen molar-refractivity contribution in [1.29, 1.82) is 0 Å². The Morgan fingerprint density at radius 1 is 1.39 bits per heavy atom. The summed E-state index contributed by atoms with van der Waals surface area (Å²) in [6.07, 6.45) is 5.11. The van der Waals surface area contributed by atoms with Gasteiger partial charge in [0, 0.05) is 31.4 Å². The number of nitrogens with one attached hydrogen (secondary N) is 2. The highest BCUT2D eigenvalue weighted by Crippen LogP contribution is 2.31. The third-order valence-electron chi connectivity index (χ3n) is 4.03. The molecule has 2 aromatic rings. The van der Waals surface area contributed by atoms with E-state index in [9.17, 15) is 9.18 Å². The molecule has 3 rings (SSSR count). The van der Waals surface area contributed by atoms with Gasteiger partial charge in [0.05, 0.1) is 5.69 Å². The Bertz CT molecular complexity index is 694. The van der Waals surface area contributed by atoms with Gasteiger partial charge in [-0.1, -0.05) is 12.1 Å². The SMILES string of the molecule is Cc1cnc(CCNC(=O)Nc2ccccc2F)n1CC1CC1. The number of halogens is 1. The fraction of sp³-hybridized carbons (Fsp3) is 0.412. The highest BCUT2D eigenvalue weighted by Gasteiger charge is 2.23. The van der Waals surface area contributed by atoms with Crippen molar-refractivity contribution in [3.05, 3.63) is 47.8 Å². The van der Waals surface area contributed by atoms with E-state index < -0.39 is 11.8 Å². The van der Waals surface area contributed by atoms with E-state index in [1.165, 1.54) is 25.0 Å². The number of hydrogen-bond acceptors (Lipinski definition) is 2. The summed E-state index contributed by atoms with van der Waals surface area (Å²) in [4.78, 5) is 16.2. The van der Waals surface area contributed by atoms with E-state index in [1.807, 2.05) is 6.20 Å². The Morgan fingerprint density at radius 3 is 2.91 bits per heavy atom. The number of rotatable bonds is 6. The molecule has 1 aliphatic rings. The highest BCUT2D eigenvalue weighted by atomic mass is 19.1. The molecule has 6 heteroatoms. The lowest BCUT2D eigenvalue weighted by Gasteiger charge is -2.11. The predicted octanol–water partition coefficient (Wildman–Crippen LogP) is 3.10. The highest BCUT2D eigenvalue weighted by molar-refractivity contribution is 5.89. The number of aromatic nitrogens is 2. The molecule has 0 unspecified atom stereocenters. The second-order valence-corrected chi connectivity index (χ2v) is 5.98. The Labute approximate surface area is 134 Å². The van der Waals surface area contributed by atoms with E-state index in [-0.39, 0.29) is 5.69 Å². The number of para-hydroxylation sites is 1. The number of anilines is 1. The van der Waals surface area contributed by atoms with Crippen molar-refractivity contribution in [3.8, 4) is 0 Å². The van der Waals surface area contributed by atoms with Crippen LogP contribution in [-0.2, 0) is 13.0 Å². The summed E-state index contributed by atoms with van der Waals surface area (Å²) in [6.45, 7) is 3.53. The average Bonchev–Trinajstić information content (AvgIpc) is 3.28. The molecule has 1 aromatic carbocycles. The van der Waals surface area contributed by atoms with Crippen LogP contribution in [0.1, 0.15) is 24.4 Å². The zero-order chi connectivity index (χ0) is 16.2. The maximum Gasteiger partial charge on any atom is 0.319 e. The first-order chi connectivity index (χ1) is 11.1. The van der Waals surface area contributed by atoms with Crippen LogP contribution in [0.3, 0.4) is 0 Å². The molecule has 1 aliphatic carbocycles. The molecule has 0 radical (unpaired) electrons. The van der Waals surface area contributed by atoms with Crippen molar-refractivity contribution >= 4 is 11.7 Å². The van der Waals surface area contributed by atoms with Gasteiger partial charge in [0.1, 0.15) is 11.6 Å². The maximum atomic E-state index is 13.5. The van der Waals surface area contributed by atoms with Crippen molar-refractivity contribution in [2.75, 3.05) is 11.9 Å². The van der Waals surface area contributed by atoms with Gasteiger partial charge in [0.2, 0.25) is 0 Å². The number of amides is 2. The molecule has 122 valence electrons. The van der Waals surface area contributed by atoms with Crippen molar-refractivity contribution in [2.45, 2.75) is 32.7 Å². The minimum Gasteiger partial charge on any atom is -0.337 e. The smallest absolute Gasteiger partial charge is 0.319 e. The maximum absolute atomic E-state index is 13.5. The van der Waals surface area contributed by atoms with Gasteiger partial charge in [-0.15, -0.1) is 0 Å². The molecule has 1 saturated carbocycles. The lowest BCUT2D eigenvalue weighted by atomic mass is 10.3. The Morgan fingerprint density at radius 2 is 2.17 bits per heavy atom. The molecule has 0 atom stereocenters. The van der Waals surface area contributed by atoms with Gasteiger partial charge in [0.25, 0.3) is 0 Å². The zero-order valence-corrected chi connectivity index (χ0v) is 13.2. The normalized spacial score (nSPS) is 13.8. The second-order valence-electron chi connectivity index (χ2n) is 5.98. The van der Waals surface area contributed by atoms with E-state index in [2.05, 4.69) is 27.1 Å². The third kappa shape index (κ3) is 4.09. The molecule has 0 spiro atoms. The number of urea groups is 1. The summed E-state index contributed by atoms with van der Waals surface area (Å²) < 4.78 is 15.7. The van der Waals surface area contributed by atoms with Crippen LogP contribution in [-0.4, -0.2) is 22.1 Å². The first kappa shape index (κ1) is 15.5. The molecule has 5 nitrogen and oxygen atoms in total. The quantitative estimate of drug-likeness (QED) is 0.860. The number of hydrogen-bond donors (Lipinski definition) is 2. The van der Waals surface area contributed by atoms with Crippen molar-refractivity contribution in [2.24, 2.45) is 5.92 Å². The molecule has 1 fully saturated rings. The van der Waals surface area contributed by atoms with Crippen LogP contribution in [0.15, 0.2) is 30.5 Å². The summed E-state index contributed by atoms with van der Waals surface area (Å²) in [6, 6.07) is 5.69.